The van der Waals surface area contributed by atoms with Crippen molar-refractivity contribution in [3.8, 4) is 0 Å². The second-order valence-corrected chi connectivity index (χ2v) is 4.04. The molecule has 0 spiro atoms. The molecule has 0 radical (unpaired) electrons. The Morgan fingerprint density at radius 1 is 1.05 bits per heavy atom. The van der Waals surface area contributed by atoms with Crippen LogP contribution >= 0.6 is 0 Å². The number of aryl methyl sites for hydroxylation is 2. The van der Waals surface area contributed by atoms with Crippen molar-refractivity contribution in [3.05, 3.63) is 17.5 Å². The minimum absolute atomic E-state index is 0.556. The van der Waals surface area contributed by atoms with Gasteiger partial charge in [0.2, 0.25) is 12.2 Å². The molecular formula is C13H20N4O2. The van der Waals surface area contributed by atoms with Crippen LogP contribution in [0.25, 0.3) is 0 Å². The lowest BCUT2D eigenvalue weighted by atomic mass is 10.2. The van der Waals surface area contributed by atoms with Crippen molar-refractivity contribution >= 4 is 12.2 Å². The van der Waals surface area contributed by atoms with Crippen LogP contribution in [0.15, 0.2) is 16.2 Å². The number of hydrogen-bond donors (Lipinski definition) is 1. The molecule has 6 nitrogen and oxygen atoms in total. The molecule has 0 aliphatic heterocycles. The fourth-order valence-corrected chi connectivity index (χ4v) is 1.24. The number of nitrogens with zero attached hydrogens (tertiary/aromatic N) is 3. The smallest absolute Gasteiger partial charge is 0.234 e. The van der Waals surface area contributed by atoms with Gasteiger partial charge in [-0.15, -0.1) is 0 Å². The van der Waals surface area contributed by atoms with Crippen molar-refractivity contribution in [3.63, 3.8) is 0 Å². The highest BCUT2D eigenvalue weighted by Gasteiger charge is 1.88. The van der Waals surface area contributed by atoms with Crippen molar-refractivity contribution in [2.75, 3.05) is 13.1 Å². The Hall–Kier alpha value is -2.03. The first-order valence-electron chi connectivity index (χ1n) is 6.26. The fraction of sp³-hybridized carbons (Fsp3) is 0.615. The molecule has 1 aromatic rings. The predicted molar refractivity (Wildman–Crippen MR) is 72.5 cm³/mol. The highest BCUT2D eigenvalue weighted by atomic mass is 16.1. The first kappa shape index (κ1) is 17.0. The zero-order valence-electron chi connectivity index (χ0n) is 11.5. The van der Waals surface area contributed by atoms with Crippen molar-refractivity contribution in [2.24, 2.45) is 9.98 Å². The third-order valence-electron chi connectivity index (χ3n) is 2.50. The number of isocyanates is 2. The summed E-state index contributed by atoms with van der Waals surface area (Å²) in [4.78, 5) is 26.1. The van der Waals surface area contributed by atoms with Gasteiger partial charge in [-0.3, -0.25) is 5.10 Å². The summed E-state index contributed by atoms with van der Waals surface area (Å²) in [6.07, 6.45) is 8.62. The number of hydrogen-bond acceptors (Lipinski definition) is 5. The molecule has 6 heteroatoms. The van der Waals surface area contributed by atoms with Crippen LogP contribution in [0.5, 0.6) is 0 Å². The van der Waals surface area contributed by atoms with E-state index in [0.717, 1.165) is 31.4 Å². The lowest BCUT2D eigenvalue weighted by molar-refractivity contribution is 0.558. The monoisotopic (exact) mass is 264 g/mol. The summed E-state index contributed by atoms with van der Waals surface area (Å²) in [5.74, 6) is 0. The Morgan fingerprint density at radius 3 is 1.84 bits per heavy atom. The summed E-state index contributed by atoms with van der Waals surface area (Å²) in [5.41, 5.74) is 2.38. The number of carbonyl (C=O) groups excluding carboxylic acids is 2. The second kappa shape index (κ2) is 12.4. The van der Waals surface area contributed by atoms with Gasteiger partial charge in [-0.25, -0.2) is 19.6 Å². The molecule has 0 atom stereocenters. The number of H-pyrrole nitrogens is 1. The second-order valence-electron chi connectivity index (χ2n) is 4.04. The number of nitrogens with one attached hydrogen (secondary N) is 1. The molecular weight excluding hydrogens is 244 g/mol. The zero-order chi connectivity index (χ0) is 14.3. The van der Waals surface area contributed by atoms with Gasteiger partial charge in [0.1, 0.15) is 0 Å². The van der Waals surface area contributed by atoms with E-state index < -0.39 is 0 Å². The quantitative estimate of drug-likeness (QED) is 0.465. The molecule has 0 fully saturated rings. The zero-order valence-corrected chi connectivity index (χ0v) is 11.5. The van der Waals surface area contributed by atoms with E-state index in [9.17, 15) is 9.59 Å². The SMILES string of the molecule is Cc1cn[nH]c1C.O=C=NCCCCCCN=C=O. The molecule has 0 unspecified atom stereocenters. The standard InChI is InChI=1S/C8H12N2O2.C5H8N2/c11-7-9-5-3-1-2-4-6-10-8-12;1-4-3-6-7-5(4)2/h1-6H2;3H,1-2H3,(H,6,7). The van der Waals surface area contributed by atoms with Crippen molar-refractivity contribution in [1.82, 2.24) is 10.2 Å². The first-order valence-corrected chi connectivity index (χ1v) is 6.26. The molecule has 104 valence electrons. The van der Waals surface area contributed by atoms with Crippen LogP contribution in [-0.2, 0) is 9.59 Å². The number of aromatic nitrogens is 2. The molecule has 0 bridgehead atoms. The maximum Gasteiger partial charge on any atom is 0.234 e. The molecule has 0 amide bonds. The van der Waals surface area contributed by atoms with E-state index in [-0.39, 0.29) is 0 Å². The minimum Gasteiger partial charge on any atom is -0.283 e. The molecule has 0 aliphatic rings. The van der Waals surface area contributed by atoms with Gasteiger partial charge in [0.25, 0.3) is 0 Å². The van der Waals surface area contributed by atoms with Crippen molar-refractivity contribution < 1.29 is 9.59 Å². The van der Waals surface area contributed by atoms with Gasteiger partial charge in [-0.2, -0.15) is 5.10 Å². The Bertz CT molecular complexity index is 391. The molecule has 1 aromatic heterocycles. The van der Waals surface area contributed by atoms with Gasteiger partial charge in [0.15, 0.2) is 0 Å². The molecule has 1 rings (SSSR count). The summed E-state index contributed by atoms with van der Waals surface area (Å²) in [6, 6.07) is 0. The summed E-state index contributed by atoms with van der Waals surface area (Å²) in [6.45, 7) is 5.14. The van der Waals surface area contributed by atoms with Gasteiger partial charge in [0, 0.05) is 5.69 Å². The van der Waals surface area contributed by atoms with Crippen molar-refractivity contribution in [1.29, 1.82) is 0 Å². The average Bonchev–Trinajstić information content (AvgIpc) is 2.78. The summed E-state index contributed by atoms with van der Waals surface area (Å²) < 4.78 is 0. The fourth-order valence-electron chi connectivity index (χ4n) is 1.24. The van der Waals surface area contributed by atoms with Gasteiger partial charge in [-0.05, 0) is 32.3 Å². The Kier molecular flexibility index (Phi) is 11.1. The van der Waals surface area contributed by atoms with Crippen LogP contribution in [0.1, 0.15) is 36.9 Å². The van der Waals surface area contributed by atoms with E-state index in [1.165, 1.54) is 17.7 Å². The third-order valence-corrected chi connectivity index (χ3v) is 2.50. The number of rotatable bonds is 7. The van der Waals surface area contributed by atoms with Crippen LogP contribution in [0.3, 0.4) is 0 Å². The van der Waals surface area contributed by atoms with Crippen molar-refractivity contribution in [2.45, 2.75) is 39.5 Å². The summed E-state index contributed by atoms with van der Waals surface area (Å²) >= 11 is 0. The maximum absolute atomic E-state index is 9.63. The molecule has 1 N–H and O–H groups in total. The van der Waals surface area contributed by atoms with E-state index in [0.29, 0.717) is 13.1 Å². The highest BCUT2D eigenvalue weighted by Crippen LogP contribution is 1.99. The summed E-state index contributed by atoms with van der Waals surface area (Å²) in [7, 11) is 0. The van der Waals surface area contributed by atoms with E-state index in [4.69, 9.17) is 0 Å². The van der Waals surface area contributed by atoms with Gasteiger partial charge in [0.05, 0.1) is 19.3 Å². The highest BCUT2D eigenvalue weighted by molar-refractivity contribution is 5.32. The van der Waals surface area contributed by atoms with E-state index in [1.54, 1.807) is 0 Å². The predicted octanol–water partition coefficient (Wildman–Crippen LogP) is 2.24. The van der Waals surface area contributed by atoms with Crippen LogP contribution in [-0.4, -0.2) is 35.4 Å². The molecule has 19 heavy (non-hydrogen) atoms. The average molecular weight is 264 g/mol. The molecule has 1 heterocycles. The molecule has 0 aliphatic carbocycles. The number of unbranched alkanes of at least 4 members (excludes halogenated alkanes) is 3. The van der Waals surface area contributed by atoms with E-state index >= 15 is 0 Å². The topological polar surface area (TPSA) is 87.5 Å². The lowest BCUT2D eigenvalue weighted by Gasteiger charge is -1.93. The number of aliphatic imine (C=N–C) groups is 2. The number of aromatic amines is 1. The minimum atomic E-state index is 0.556. The van der Waals surface area contributed by atoms with E-state index in [2.05, 4.69) is 20.2 Å². The lowest BCUT2D eigenvalue weighted by Crippen LogP contribution is -1.84. The van der Waals surface area contributed by atoms with Crippen LogP contribution < -0.4 is 0 Å². The Balaban J connectivity index is 0.000000388. The third kappa shape index (κ3) is 10.8. The van der Waals surface area contributed by atoms with Gasteiger partial charge >= 0.3 is 0 Å². The van der Waals surface area contributed by atoms with Crippen LogP contribution in [0, 0.1) is 13.8 Å². The maximum atomic E-state index is 9.63. The summed E-state index contributed by atoms with van der Waals surface area (Å²) in [5, 5.41) is 6.61. The van der Waals surface area contributed by atoms with Gasteiger partial charge in [-0.1, -0.05) is 12.8 Å². The largest absolute Gasteiger partial charge is 0.283 e. The van der Waals surface area contributed by atoms with Crippen LogP contribution in [0.2, 0.25) is 0 Å². The Labute approximate surface area is 113 Å². The normalized spacial score (nSPS) is 8.74. The van der Waals surface area contributed by atoms with Gasteiger partial charge < -0.3 is 0 Å². The molecule has 0 saturated heterocycles. The van der Waals surface area contributed by atoms with E-state index in [1.807, 2.05) is 20.0 Å². The Morgan fingerprint density at radius 2 is 1.58 bits per heavy atom. The van der Waals surface area contributed by atoms with Crippen LogP contribution in [0.4, 0.5) is 0 Å². The molecule has 0 aromatic carbocycles. The first-order chi connectivity index (χ1) is 9.22. The molecule has 0 saturated carbocycles.